The van der Waals surface area contributed by atoms with Crippen LogP contribution < -0.4 is 0 Å². The molecule has 0 unspecified atom stereocenters. The number of hydrogen-bond acceptors (Lipinski definition) is 4. The molecule has 4 nitrogen and oxygen atoms in total. The summed E-state index contributed by atoms with van der Waals surface area (Å²) in [6.07, 6.45) is 1.82. The van der Waals surface area contributed by atoms with E-state index in [1.54, 1.807) is 0 Å². The highest BCUT2D eigenvalue weighted by Crippen LogP contribution is 2.27. The fourth-order valence-corrected chi connectivity index (χ4v) is 4.19. The fraction of sp³-hybridized carbons (Fsp3) is 0.300. The normalized spacial score (nSPS) is 11.3. The summed E-state index contributed by atoms with van der Waals surface area (Å²) in [4.78, 5) is 20.0. The summed E-state index contributed by atoms with van der Waals surface area (Å²) in [5.41, 5.74) is 7.29. The molecule has 0 bridgehead atoms. The van der Waals surface area contributed by atoms with E-state index in [9.17, 15) is 4.79 Å². The zero-order valence-electron chi connectivity index (χ0n) is 21.4. The Balaban J connectivity index is 2.11. The summed E-state index contributed by atoms with van der Waals surface area (Å²) < 4.78 is 0. The van der Waals surface area contributed by atoms with E-state index >= 15 is 0 Å². The first-order valence-corrected chi connectivity index (χ1v) is 11.7. The fourth-order valence-electron chi connectivity index (χ4n) is 4.19. The number of carbonyl (C=O) groups excluding carboxylic acids is 1. The summed E-state index contributed by atoms with van der Waals surface area (Å²) in [6.45, 7) is 2.42. The lowest BCUT2D eigenvalue weighted by atomic mass is 9.92. The Bertz CT molecular complexity index is 1090. The highest BCUT2D eigenvalue weighted by atomic mass is 16.1. The van der Waals surface area contributed by atoms with Gasteiger partial charge >= 0.3 is 0 Å². The summed E-state index contributed by atoms with van der Waals surface area (Å²) >= 11 is 0. The van der Waals surface area contributed by atoms with Crippen molar-refractivity contribution < 1.29 is 4.79 Å². The quantitative estimate of drug-likeness (QED) is 0.311. The Hall–Kier alpha value is -3.05. The summed E-state index contributed by atoms with van der Waals surface area (Å²) in [7, 11) is 12.3. The largest absolute Gasteiger partial charge is 0.305 e. The van der Waals surface area contributed by atoms with Gasteiger partial charge in [-0.1, -0.05) is 60.7 Å². The Kier molecular flexibility index (Phi) is 8.94. The van der Waals surface area contributed by atoms with Crippen LogP contribution in [0.2, 0.25) is 0 Å². The number of ketones is 1. The van der Waals surface area contributed by atoms with Crippen molar-refractivity contribution in [2.75, 3.05) is 42.3 Å². The van der Waals surface area contributed by atoms with Gasteiger partial charge in [-0.05, 0) is 93.9 Å². The van der Waals surface area contributed by atoms with Crippen molar-refractivity contribution in [2.45, 2.75) is 19.6 Å². The van der Waals surface area contributed by atoms with Crippen LogP contribution in [0.4, 0.5) is 0 Å². The second-order valence-electron chi connectivity index (χ2n) is 9.69. The highest BCUT2D eigenvalue weighted by molar-refractivity contribution is 6.11. The standard InChI is InChI=1S/C30H37N3O/c1-31(2)20-23-11-9-14-25(17-23)29(26-15-10-12-24(18-26)21-32(3)4)19-30(34)28-16-8-7-13-27(28)22-33(5)6/h7-19H,20-22H2,1-6H3. The lowest BCUT2D eigenvalue weighted by Crippen LogP contribution is -2.14. The van der Waals surface area contributed by atoms with Gasteiger partial charge in [0.2, 0.25) is 0 Å². The lowest BCUT2D eigenvalue weighted by molar-refractivity contribution is 0.104. The Morgan fingerprint density at radius 1 is 0.647 bits per heavy atom. The van der Waals surface area contributed by atoms with Crippen LogP contribution >= 0.6 is 0 Å². The molecule has 0 fully saturated rings. The van der Waals surface area contributed by atoms with Crippen LogP contribution in [0.3, 0.4) is 0 Å². The minimum Gasteiger partial charge on any atom is -0.305 e. The average molecular weight is 456 g/mol. The Labute approximate surface area is 205 Å². The third-order valence-electron chi connectivity index (χ3n) is 5.52. The molecule has 0 radical (unpaired) electrons. The zero-order chi connectivity index (χ0) is 24.7. The molecule has 0 heterocycles. The minimum absolute atomic E-state index is 0.0310. The summed E-state index contributed by atoms with van der Waals surface area (Å²) in [5.74, 6) is 0.0310. The third kappa shape index (κ3) is 7.22. The van der Waals surface area contributed by atoms with E-state index in [1.165, 1.54) is 11.1 Å². The number of allylic oxidation sites excluding steroid dienone is 1. The van der Waals surface area contributed by atoms with Crippen LogP contribution in [-0.4, -0.2) is 62.8 Å². The van der Waals surface area contributed by atoms with Crippen LogP contribution in [-0.2, 0) is 19.6 Å². The van der Waals surface area contributed by atoms with E-state index in [2.05, 4.69) is 91.4 Å². The van der Waals surface area contributed by atoms with Crippen molar-refractivity contribution in [1.29, 1.82) is 0 Å². The molecule has 3 aromatic rings. The van der Waals surface area contributed by atoms with Gasteiger partial charge in [0, 0.05) is 25.2 Å². The summed E-state index contributed by atoms with van der Waals surface area (Å²) in [6, 6.07) is 24.9. The molecule has 34 heavy (non-hydrogen) atoms. The molecule has 0 aromatic heterocycles. The average Bonchev–Trinajstić information content (AvgIpc) is 2.77. The van der Waals surface area contributed by atoms with E-state index in [4.69, 9.17) is 0 Å². The van der Waals surface area contributed by atoms with E-state index in [-0.39, 0.29) is 5.78 Å². The van der Waals surface area contributed by atoms with Gasteiger partial charge in [0.25, 0.3) is 0 Å². The van der Waals surface area contributed by atoms with Gasteiger partial charge in [-0.25, -0.2) is 0 Å². The predicted octanol–water partition coefficient (Wildman–Crippen LogP) is 5.19. The first-order chi connectivity index (χ1) is 16.2. The molecule has 0 spiro atoms. The topological polar surface area (TPSA) is 26.8 Å². The molecule has 0 aliphatic rings. The van der Waals surface area contributed by atoms with Crippen molar-refractivity contribution in [1.82, 2.24) is 14.7 Å². The lowest BCUT2D eigenvalue weighted by Gasteiger charge is -2.16. The number of carbonyl (C=O) groups is 1. The number of nitrogens with zero attached hydrogens (tertiary/aromatic N) is 3. The van der Waals surface area contributed by atoms with Crippen LogP contribution in [0, 0.1) is 0 Å². The van der Waals surface area contributed by atoms with Crippen molar-refractivity contribution in [3.63, 3.8) is 0 Å². The molecule has 4 heteroatoms. The summed E-state index contributed by atoms with van der Waals surface area (Å²) in [5, 5.41) is 0. The predicted molar refractivity (Wildman–Crippen MR) is 143 cm³/mol. The van der Waals surface area contributed by atoms with Crippen molar-refractivity contribution in [3.05, 3.63) is 112 Å². The van der Waals surface area contributed by atoms with Gasteiger partial charge in [-0.15, -0.1) is 0 Å². The number of hydrogen-bond donors (Lipinski definition) is 0. The van der Waals surface area contributed by atoms with E-state index in [1.807, 2.05) is 44.4 Å². The molecule has 0 atom stereocenters. The molecular formula is C30H37N3O. The molecule has 0 N–H and O–H groups in total. The first-order valence-electron chi connectivity index (χ1n) is 11.7. The zero-order valence-corrected chi connectivity index (χ0v) is 21.4. The molecule has 0 saturated carbocycles. The van der Waals surface area contributed by atoms with Crippen molar-refractivity contribution in [3.8, 4) is 0 Å². The first kappa shape index (κ1) is 25.6. The second kappa shape index (κ2) is 11.9. The molecule has 0 amide bonds. The van der Waals surface area contributed by atoms with E-state index < -0.39 is 0 Å². The molecule has 3 aromatic carbocycles. The SMILES string of the molecule is CN(C)Cc1cccc(C(=CC(=O)c2ccccc2CN(C)C)c2cccc(CN(C)C)c2)c1. The van der Waals surface area contributed by atoms with E-state index in [0.717, 1.165) is 47.5 Å². The monoisotopic (exact) mass is 455 g/mol. The minimum atomic E-state index is 0.0310. The molecule has 0 aliphatic carbocycles. The van der Waals surface area contributed by atoms with Crippen LogP contribution in [0.25, 0.3) is 5.57 Å². The maximum atomic E-state index is 13.6. The molecule has 3 rings (SSSR count). The van der Waals surface area contributed by atoms with Gasteiger partial charge < -0.3 is 14.7 Å². The molecule has 178 valence electrons. The third-order valence-corrected chi connectivity index (χ3v) is 5.52. The van der Waals surface area contributed by atoms with Gasteiger partial charge in [0.15, 0.2) is 5.78 Å². The smallest absolute Gasteiger partial charge is 0.186 e. The number of benzene rings is 3. The van der Waals surface area contributed by atoms with Gasteiger partial charge in [0.1, 0.15) is 0 Å². The van der Waals surface area contributed by atoms with Gasteiger partial charge in [-0.2, -0.15) is 0 Å². The van der Waals surface area contributed by atoms with Gasteiger partial charge in [0.05, 0.1) is 0 Å². The van der Waals surface area contributed by atoms with Crippen LogP contribution in [0.15, 0.2) is 78.9 Å². The van der Waals surface area contributed by atoms with Crippen LogP contribution in [0.1, 0.15) is 38.2 Å². The highest BCUT2D eigenvalue weighted by Gasteiger charge is 2.14. The second-order valence-corrected chi connectivity index (χ2v) is 9.69. The Morgan fingerprint density at radius 2 is 1.15 bits per heavy atom. The van der Waals surface area contributed by atoms with Crippen molar-refractivity contribution >= 4 is 11.4 Å². The van der Waals surface area contributed by atoms with E-state index in [0.29, 0.717) is 0 Å². The van der Waals surface area contributed by atoms with Crippen LogP contribution in [0.5, 0.6) is 0 Å². The molecule has 0 aliphatic heterocycles. The molecular weight excluding hydrogens is 418 g/mol. The maximum absolute atomic E-state index is 13.6. The molecule has 0 saturated heterocycles. The van der Waals surface area contributed by atoms with Gasteiger partial charge in [-0.3, -0.25) is 4.79 Å². The van der Waals surface area contributed by atoms with Crippen molar-refractivity contribution in [2.24, 2.45) is 0 Å². The number of rotatable bonds is 10. The maximum Gasteiger partial charge on any atom is 0.186 e. The Morgan fingerprint density at radius 3 is 1.65 bits per heavy atom.